The van der Waals surface area contributed by atoms with Gasteiger partial charge in [0.15, 0.2) is 0 Å². The number of hydrogen-bond acceptors (Lipinski definition) is 4. The number of aliphatic hydroxyl groups excluding tert-OH is 1. The molecule has 0 aliphatic rings. The summed E-state index contributed by atoms with van der Waals surface area (Å²) in [6.07, 6.45) is 20.5. The summed E-state index contributed by atoms with van der Waals surface area (Å²) in [5.41, 5.74) is 0. The molecule has 0 aliphatic carbocycles. The summed E-state index contributed by atoms with van der Waals surface area (Å²) in [7, 11) is -4.11. The minimum Gasteiger partial charge on any atom is -0.748 e. The first-order valence-electron chi connectivity index (χ1n) is 12.0. The molecule has 29 heavy (non-hydrogen) atoms. The van der Waals surface area contributed by atoms with Gasteiger partial charge in [-0.2, -0.15) is 0 Å². The molecule has 0 saturated carbocycles. The Morgan fingerprint density at radius 1 is 0.621 bits per heavy atom. The van der Waals surface area contributed by atoms with Crippen LogP contribution in [0.2, 0.25) is 0 Å². The van der Waals surface area contributed by atoms with E-state index in [9.17, 15) is 18.1 Å². The third kappa shape index (κ3) is 22.5. The van der Waals surface area contributed by atoms with E-state index in [1.807, 2.05) is 6.92 Å². The van der Waals surface area contributed by atoms with E-state index in [0.717, 1.165) is 51.4 Å². The summed E-state index contributed by atoms with van der Waals surface area (Å²) >= 11 is 0. The molecule has 2 unspecified atom stereocenters. The zero-order chi connectivity index (χ0) is 21.1. The van der Waals surface area contributed by atoms with E-state index in [0.29, 0.717) is 12.8 Å². The first-order valence-corrected chi connectivity index (χ1v) is 13.5. The summed E-state index contributed by atoms with van der Waals surface area (Å²) in [5, 5.41) is 9.13. The molecular weight excluding hydrogens is 411 g/mol. The molecule has 4 nitrogen and oxygen atoms in total. The van der Waals surface area contributed by atoms with E-state index in [4.69, 9.17) is 0 Å². The van der Waals surface area contributed by atoms with Gasteiger partial charge in [0.2, 0.25) is 0 Å². The fourth-order valence-electron chi connectivity index (χ4n) is 3.86. The standard InChI is InChI=1S/C23H48O4S.K/c1-3-5-19-22(24)20-16-14-12-10-8-6-7-9-11-13-15-17-21-23(18-4-2)28(25,26)27;/h22-24H,3-21H2,1-2H3,(H,25,26,27);/q;+1/p-1. The van der Waals surface area contributed by atoms with Gasteiger partial charge in [-0.05, 0) is 25.7 Å². The van der Waals surface area contributed by atoms with Crippen molar-refractivity contribution in [3.63, 3.8) is 0 Å². The van der Waals surface area contributed by atoms with Crippen LogP contribution in [0.3, 0.4) is 0 Å². The van der Waals surface area contributed by atoms with Gasteiger partial charge in [0.25, 0.3) is 0 Å². The van der Waals surface area contributed by atoms with Crippen molar-refractivity contribution in [2.75, 3.05) is 0 Å². The molecule has 1 N–H and O–H groups in total. The predicted octanol–water partition coefficient (Wildman–Crippen LogP) is 3.72. The molecule has 0 radical (unpaired) electrons. The number of hydrogen-bond donors (Lipinski definition) is 1. The predicted molar refractivity (Wildman–Crippen MR) is 119 cm³/mol. The fourth-order valence-corrected chi connectivity index (χ4v) is 4.84. The molecule has 0 heterocycles. The van der Waals surface area contributed by atoms with Crippen LogP contribution < -0.4 is 51.4 Å². The summed E-state index contributed by atoms with van der Waals surface area (Å²) < 4.78 is 33.5. The summed E-state index contributed by atoms with van der Waals surface area (Å²) in [6, 6.07) is 0. The van der Waals surface area contributed by atoms with Crippen molar-refractivity contribution in [2.45, 2.75) is 147 Å². The van der Waals surface area contributed by atoms with Crippen molar-refractivity contribution in [1.82, 2.24) is 0 Å². The van der Waals surface area contributed by atoms with Crippen LogP contribution in [0, 0.1) is 0 Å². The quantitative estimate of drug-likeness (QED) is 0.162. The van der Waals surface area contributed by atoms with E-state index in [2.05, 4.69) is 6.92 Å². The van der Waals surface area contributed by atoms with Crippen LogP contribution in [0.5, 0.6) is 0 Å². The molecule has 0 bridgehead atoms. The van der Waals surface area contributed by atoms with Crippen LogP contribution in [-0.2, 0) is 10.1 Å². The average molecular weight is 459 g/mol. The second-order valence-corrected chi connectivity index (χ2v) is 10.2. The summed E-state index contributed by atoms with van der Waals surface area (Å²) in [6.45, 7) is 4.10. The molecule has 0 aromatic carbocycles. The van der Waals surface area contributed by atoms with Gasteiger partial charge in [-0.3, -0.25) is 0 Å². The third-order valence-electron chi connectivity index (χ3n) is 5.72. The van der Waals surface area contributed by atoms with Crippen LogP contribution in [0.15, 0.2) is 0 Å². The Balaban J connectivity index is 0. The van der Waals surface area contributed by atoms with Crippen molar-refractivity contribution < 1.29 is 69.5 Å². The van der Waals surface area contributed by atoms with Gasteiger partial charge in [0.1, 0.15) is 0 Å². The molecular formula is C23H47KO4S. The molecule has 0 aliphatic heterocycles. The Labute approximate surface area is 224 Å². The van der Waals surface area contributed by atoms with Crippen molar-refractivity contribution in [1.29, 1.82) is 0 Å². The molecule has 0 spiro atoms. The zero-order valence-corrected chi connectivity index (χ0v) is 23.6. The van der Waals surface area contributed by atoms with Crippen LogP contribution in [0.4, 0.5) is 0 Å². The molecule has 2 atom stereocenters. The zero-order valence-electron chi connectivity index (χ0n) is 19.7. The molecule has 0 rings (SSSR count). The van der Waals surface area contributed by atoms with Crippen LogP contribution in [0.25, 0.3) is 0 Å². The second kappa shape index (κ2) is 22.7. The van der Waals surface area contributed by atoms with E-state index >= 15 is 0 Å². The summed E-state index contributed by atoms with van der Waals surface area (Å²) in [4.78, 5) is 0. The van der Waals surface area contributed by atoms with E-state index < -0.39 is 15.4 Å². The first kappa shape index (κ1) is 32.7. The van der Waals surface area contributed by atoms with Crippen molar-refractivity contribution in [3.05, 3.63) is 0 Å². The number of rotatable bonds is 21. The Kier molecular flexibility index (Phi) is 25.6. The van der Waals surface area contributed by atoms with Gasteiger partial charge in [-0.15, -0.1) is 0 Å². The maximum atomic E-state index is 11.2. The molecule has 0 amide bonds. The Morgan fingerprint density at radius 2 is 1.00 bits per heavy atom. The van der Waals surface area contributed by atoms with Gasteiger partial charge in [-0.25, -0.2) is 8.42 Å². The third-order valence-corrected chi connectivity index (χ3v) is 7.01. The first-order chi connectivity index (χ1) is 13.4. The number of aliphatic hydroxyl groups is 1. The van der Waals surface area contributed by atoms with Gasteiger partial charge in [-0.1, -0.05) is 110 Å². The molecule has 0 aromatic heterocycles. The van der Waals surface area contributed by atoms with Crippen LogP contribution in [-0.4, -0.2) is 29.4 Å². The van der Waals surface area contributed by atoms with Crippen molar-refractivity contribution in [3.8, 4) is 0 Å². The molecule has 0 aromatic rings. The van der Waals surface area contributed by atoms with Crippen molar-refractivity contribution in [2.24, 2.45) is 0 Å². The molecule has 0 fully saturated rings. The van der Waals surface area contributed by atoms with Gasteiger partial charge in [0.05, 0.1) is 16.2 Å². The minimum absolute atomic E-state index is 0. The van der Waals surface area contributed by atoms with Gasteiger partial charge >= 0.3 is 51.4 Å². The monoisotopic (exact) mass is 458 g/mol. The topological polar surface area (TPSA) is 77.4 Å². The van der Waals surface area contributed by atoms with E-state index in [1.54, 1.807) is 0 Å². The van der Waals surface area contributed by atoms with Gasteiger partial charge < -0.3 is 9.66 Å². The smallest absolute Gasteiger partial charge is 0.748 e. The van der Waals surface area contributed by atoms with Crippen LogP contribution in [0.1, 0.15) is 136 Å². The maximum Gasteiger partial charge on any atom is 1.00 e. The van der Waals surface area contributed by atoms with E-state index in [1.165, 1.54) is 57.8 Å². The minimum atomic E-state index is -4.11. The Hall–Kier alpha value is 1.51. The SMILES string of the molecule is CCCCC(O)CCCCCCCCCCCCCCC(CCC)S(=O)(=O)[O-].[K+]. The second-order valence-electron chi connectivity index (χ2n) is 8.52. The molecule has 0 saturated heterocycles. The fraction of sp³-hybridized carbons (Fsp3) is 1.00. The summed E-state index contributed by atoms with van der Waals surface area (Å²) in [5.74, 6) is 0. The largest absolute Gasteiger partial charge is 1.00 e. The molecule has 170 valence electrons. The average Bonchev–Trinajstić information content (AvgIpc) is 2.64. The van der Waals surface area contributed by atoms with Crippen molar-refractivity contribution >= 4 is 10.1 Å². The maximum absolute atomic E-state index is 11.2. The Morgan fingerprint density at radius 3 is 1.38 bits per heavy atom. The van der Waals surface area contributed by atoms with Gasteiger partial charge in [0, 0.05) is 5.25 Å². The van der Waals surface area contributed by atoms with E-state index in [-0.39, 0.29) is 57.5 Å². The normalized spacial score (nSPS) is 13.8. The Bertz CT molecular complexity index is 429. The molecule has 6 heteroatoms. The van der Waals surface area contributed by atoms with Crippen LogP contribution >= 0.6 is 0 Å². The number of unbranched alkanes of at least 4 members (excludes halogenated alkanes) is 12.